The molecular formula is C71H50N6O. The van der Waals surface area contributed by atoms with E-state index in [1.807, 2.05) is 48.7 Å². The number of rotatable bonds is 9. The highest BCUT2D eigenvalue weighted by Crippen LogP contribution is 2.43. The number of para-hydroxylation sites is 6. The van der Waals surface area contributed by atoms with Gasteiger partial charge in [-0.15, -0.1) is 0 Å². The van der Waals surface area contributed by atoms with Gasteiger partial charge >= 0.3 is 0 Å². The van der Waals surface area contributed by atoms with E-state index in [0.717, 1.165) is 71.8 Å². The second kappa shape index (κ2) is 18.5. The molecule has 0 aliphatic carbocycles. The van der Waals surface area contributed by atoms with Crippen molar-refractivity contribution in [1.29, 1.82) is 5.26 Å². The molecule has 0 saturated carbocycles. The minimum Gasteiger partial charge on any atom is -0.458 e. The van der Waals surface area contributed by atoms with Crippen molar-refractivity contribution in [3.05, 3.63) is 266 Å². The zero-order chi connectivity index (χ0) is 61.2. The smallest absolute Gasteiger partial charge is 0.269 e. The number of hydrogen-bond acceptors (Lipinski definition) is 3. The summed E-state index contributed by atoms with van der Waals surface area (Å²) in [7, 11) is 0. The minimum absolute atomic E-state index is 0.105. The highest BCUT2D eigenvalue weighted by molar-refractivity contribution is 6.16. The Hall–Kier alpha value is -10.3. The van der Waals surface area contributed by atoms with Gasteiger partial charge in [0.1, 0.15) is 17.3 Å². The molecule has 0 saturated heterocycles. The van der Waals surface area contributed by atoms with Gasteiger partial charge in [0.05, 0.1) is 69.8 Å². The van der Waals surface area contributed by atoms with Gasteiger partial charge in [-0.1, -0.05) is 184 Å². The first-order valence-electron chi connectivity index (χ1n) is 30.5. The van der Waals surface area contributed by atoms with Gasteiger partial charge in [0, 0.05) is 45.1 Å². The second-order valence-electron chi connectivity index (χ2n) is 20.2. The van der Waals surface area contributed by atoms with E-state index in [1.54, 1.807) is 57.7 Å². The van der Waals surface area contributed by atoms with Crippen LogP contribution in [-0.2, 0) is 5.41 Å². The van der Waals surface area contributed by atoms with E-state index in [9.17, 15) is 5.26 Å². The van der Waals surface area contributed by atoms with Gasteiger partial charge in [-0.05, 0) is 112 Å². The first kappa shape index (κ1) is 36.6. The average molecular weight is 1010 g/mol. The van der Waals surface area contributed by atoms with Crippen LogP contribution in [0.4, 0.5) is 0 Å². The Balaban J connectivity index is 0.940. The van der Waals surface area contributed by atoms with Crippen molar-refractivity contribution in [2.75, 3.05) is 0 Å². The number of nitriles is 1. The average Bonchev–Trinajstić information content (AvgIpc) is 1.49. The summed E-state index contributed by atoms with van der Waals surface area (Å²) in [5.41, 5.74) is 9.75. The highest BCUT2D eigenvalue weighted by atomic mass is 16.5. The second-order valence-corrected chi connectivity index (χ2v) is 20.2. The zero-order valence-corrected chi connectivity index (χ0v) is 42.5. The summed E-state index contributed by atoms with van der Waals surface area (Å²) in [5, 5.41) is 15.0. The minimum atomic E-state index is -0.596. The summed E-state index contributed by atoms with van der Waals surface area (Å²) in [6.45, 7) is 6.53. The predicted octanol–water partition coefficient (Wildman–Crippen LogP) is 17.3. The van der Waals surface area contributed by atoms with E-state index in [1.165, 1.54) is 0 Å². The summed E-state index contributed by atoms with van der Waals surface area (Å²) in [5.74, 6) is 1.50. The van der Waals surface area contributed by atoms with Crippen LogP contribution in [0.25, 0.3) is 111 Å². The van der Waals surface area contributed by atoms with Crippen molar-refractivity contribution in [3.8, 4) is 73.8 Å². The summed E-state index contributed by atoms with van der Waals surface area (Å²) >= 11 is 0. The first-order valence-corrected chi connectivity index (χ1v) is 25.5. The summed E-state index contributed by atoms with van der Waals surface area (Å²) in [4.78, 5) is 4.99. The SMILES string of the molecule is [2H]c1c([2H])c([2H])c(-c2cccc(-c3c([2H])c([2H])c([2H])c([2H])c3[2H])c2-[n+]2[c-]n(-c3cc(C#N)cc(Oc4ccc5c6cc(-c7cccc8c9ccccc9n(-c9ccccc9)c78)ccc6n(-c6cc(C(C)(C)C)ccn6)c5c4)c3)c3ccccc32)c([2H])c1[2H]. The lowest BCUT2D eigenvalue weighted by Crippen LogP contribution is -2.31. The molecule has 0 atom stereocenters. The van der Waals surface area contributed by atoms with Crippen molar-refractivity contribution in [2.45, 2.75) is 26.2 Å². The molecule has 14 rings (SSSR count). The fourth-order valence-electron chi connectivity index (χ4n) is 10.9. The van der Waals surface area contributed by atoms with Gasteiger partial charge in [-0.2, -0.15) is 5.26 Å². The lowest BCUT2D eigenvalue weighted by atomic mass is 9.88. The quantitative estimate of drug-likeness (QED) is 0.107. The van der Waals surface area contributed by atoms with Crippen LogP contribution in [0.15, 0.2) is 249 Å². The number of fused-ring (bicyclic) bond motifs is 7. The van der Waals surface area contributed by atoms with Crippen LogP contribution in [-0.4, -0.2) is 18.7 Å². The molecule has 78 heavy (non-hydrogen) atoms. The Bertz CT molecular complexity index is 5180. The molecule has 0 bridgehead atoms. The number of aromatic nitrogens is 5. The third-order valence-corrected chi connectivity index (χ3v) is 14.5. The molecule has 0 radical (unpaired) electrons. The molecule has 7 heteroatoms. The van der Waals surface area contributed by atoms with E-state index in [-0.39, 0.29) is 38.9 Å². The zero-order valence-electron chi connectivity index (χ0n) is 52.5. The molecule has 0 N–H and O–H groups in total. The number of ether oxygens (including phenoxy) is 1. The Morgan fingerprint density at radius 1 is 0.526 bits per heavy atom. The lowest BCUT2D eigenvalue weighted by Gasteiger charge is -2.20. The topological polar surface area (TPSA) is 64.6 Å². The van der Waals surface area contributed by atoms with Gasteiger partial charge in [0.15, 0.2) is 0 Å². The molecule has 0 amide bonds. The molecule has 4 aromatic heterocycles. The molecule has 14 aromatic rings. The van der Waals surface area contributed by atoms with Crippen LogP contribution in [0.2, 0.25) is 0 Å². The number of benzene rings is 10. The van der Waals surface area contributed by atoms with Crippen LogP contribution < -0.4 is 9.30 Å². The molecular weight excluding hydrogens is 953 g/mol. The Labute approximate surface area is 466 Å². The number of imidazole rings is 1. The monoisotopic (exact) mass is 1010 g/mol. The van der Waals surface area contributed by atoms with Crippen LogP contribution in [0.1, 0.15) is 45.6 Å². The maximum absolute atomic E-state index is 10.7. The van der Waals surface area contributed by atoms with Crippen molar-refractivity contribution in [2.24, 2.45) is 0 Å². The molecule has 0 spiro atoms. The molecule has 0 unspecified atom stereocenters. The summed E-state index contributed by atoms with van der Waals surface area (Å²) in [6.07, 6.45) is 5.26. The molecule has 0 aliphatic heterocycles. The van der Waals surface area contributed by atoms with Gasteiger partial charge in [-0.25, -0.2) is 4.98 Å². The first-order chi connectivity index (χ1) is 42.4. The fraction of sp³-hybridized carbons (Fsp3) is 0.0563. The highest BCUT2D eigenvalue weighted by Gasteiger charge is 2.23. The Morgan fingerprint density at radius 2 is 1.19 bits per heavy atom. The van der Waals surface area contributed by atoms with Crippen LogP contribution >= 0.6 is 0 Å². The van der Waals surface area contributed by atoms with Crippen molar-refractivity contribution >= 4 is 54.6 Å². The van der Waals surface area contributed by atoms with Gasteiger partial charge < -0.3 is 9.30 Å². The third-order valence-electron chi connectivity index (χ3n) is 14.5. The fourth-order valence-corrected chi connectivity index (χ4v) is 10.9. The van der Waals surface area contributed by atoms with Crippen LogP contribution in [0.3, 0.4) is 0 Å². The number of hydrogen-bond donors (Lipinski definition) is 0. The maximum Gasteiger partial charge on any atom is 0.269 e. The largest absolute Gasteiger partial charge is 0.458 e. The van der Waals surface area contributed by atoms with Crippen LogP contribution in [0, 0.1) is 17.7 Å². The van der Waals surface area contributed by atoms with Crippen LogP contribution in [0.5, 0.6) is 11.5 Å². The van der Waals surface area contributed by atoms with Crippen molar-refractivity contribution in [3.63, 3.8) is 0 Å². The molecule has 0 aliphatic rings. The Morgan fingerprint density at radius 3 is 1.95 bits per heavy atom. The van der Waals surface area contributed by atoms with E-state index >= 15 is 0 Å². The van der Waals surface area contributed by atoms with Gasteiger partial charge in [0.2, 0.25) is 0 Å². The third kappa shape index (κ3) is 7.81. The predicted molar refractivity (Wildman–Crippen MR) is 316 cm³/mol. The molecule has 0 fully saturated rings. The summed E-state index contributed by atoms with van der Waals surface area (Å²) in [6, 6.07) is 55.9. The standard InChI is InChI=1S/C71H50N6O/c1-71(2,3)51-37-38-73-68(42-51)77-64-36-33-50(58-28-18-29-61-59-25-13-14-30-63(59)76(70(58)61)52-23-11-6-12-24-52)41-62(64)60-35-34-54(44-67(60)77)78-55-40-47(45-72)39-53(43-55)74-46-75(66-32-16-15-31-65(66)74)69-56(48-19-7-4-8-20-48)26-17-27-57(69)49-21-9-5-10-22-49/h4-44H,1-3H3/i4D,5D,7D,8D,9D,10D,19D,20D,21D,22D. The maximum atomic E-state index is 10.7. The number of nitrogens with zero attached hydrogens (tertiary/aromatic N) is 6. The van der Waals surface area contributed by atoms with E-state index in [2.05, 4.69) is 133 Å². The van der Waals surface area contributed by atoms with Gasteiger partial charge in [-0.3, -0.25) is 13.7 Å². The van der Waals surface area contributed by atoms with Crippen molar-refractivity contribution < 1.29 is 23.0 Å². The lowest BCUT2D eigenvalue weighted by molar-refractivity contribution is -0.571. The van der Waals surface area contributed by atoms with E-state index in [4.69, 9.17) is 23.4 Å². The molecule has 370 valence electrons. The summed E-state index contributed by atoms with van der Waals surface area (Å²) < 4.78 is 103. The Kier molecular flexibility index (Phi) is 8.70. The van der Waals surface area contributed by atoms with Crippen molar-refractivity contribution in [1.82, 2.24) is 18.7 Å². The number of pyridine rings is 1. The molecule has 7 nitrogen and oxygen atoms in total. The van der Waals surface area contributed by atoms with Gasteiger partial charge in [0.25, 0.3) is 6.33 Å². The van der Waals surface area contributed by atoms with E-state index in [0.29, 0.717) is 28.2 Å². The normalized spacial score (nSPS) is 13.6. The molecule has 10 aromatic carbocycles. The molecule has 4 heterocycles. The van der Waals surface area contributed by atoms with E-state index < -0.39 is 60.4 Å².